The van der Waals surface area contributed by atoms with Crippen molar-refractivity contribution in [3.05, 3.63) is 71.8 Å². The normalized spacial score (nSPS) is 15.0. The number of hydrogen-bond acceptors (Lipinski definition) is 4. The number of hydrogen-bond donors (Lipinski definition) is 0. The highest BCUT2D eigenvalue weighted by atomic mass is 32.3. The Labute approximate surface area is 138 Å². The van der Waals surface area contributed by atoms with E-state index in [2.05, 4.69) is 0 Å². The highest BCUT2D eigenvalue weighted by Crippen LogP contribution is 2.28. The van der Waals surface area contributed by atoms with Crippen molar-refractivity contribution in [3.8, 4) is 0 Å². The summed E-state index contributed by atoms with van der Waals surface area (Å²) >= 11 is 0. The summed E-state index contributed by atoms with van der Waals surface area (Å²) in [5, 5.41) is -2.57. The molecule has 2 aromatic rings. The average molecular weight is 352 g/mol. The molecule has 23 heavy (non-hydrogen) atoms. The predicted molar refractivity (Wildman–Crippen MR) is 92.4 cm³/mol. The maximum Gasteiger partial charge on any atom is 0.171 e. The minimum absolute atomic E-state index is 0.593. The average Bonchev–Trinajstić information content (AvgIpc) is 2.54. The predicted octanol–water partition coefficient (Wildman–Crippen LogP) is 3.30. The van der Waals surface area contributed by atoms with E-state index >= 15 is 0 Å². The molecule has 0 unspecified atom stereocenters. The molecule has 0 aliphatic heterocycles. The van der Waals surface area contributed by atoms with Gasteiger partial charge in [0.15, 0.2) is 24.8 Å². The Bertz CT molecular complexity index is 768. The molecule has 2 aromatic carbocycles. The van der Waals surface area contributed by atoms with E-state index in [-0.39, 0.29) is 0 Å². The molecule has 124 valence electrons. The molecule has 0 N–H and O–H groups in total. The van der Waals surface area contributed by atoms with Crippen molar-refractivity contribution in [1.82, 2.24) is 0 Å². The topological polar surface area (TPSA) is 68.3 Å². The van der Waals surface area contributed by atoms with Crippen LogP contribution in [0, 0.1) is 0 Å². The fourth-order valence-corrected chi connectivity index (χ4v) is 6.90. The lowest BCUT2D eigenvalue weighted by Gasteiger charge is -2.17. The van der Waals surface area contributed by atoms with E-state index in [1.165, 1.54) is 13.8 Å². The lowest BCUT2D eigenvalue weighted by molar-refractivity contribution is 0.578. The van der Waals surface area contributed by atoms with Gasteiger partial charge in [0.1, 0.15) is 0 Å². The van der Waals surface area contributed by atoms with Crippen molar-refractivity contribution < 1.29 is 16.8 Å². The van der Waals surface area contributed by atoms with E-state index in [9.17, 15) is 16.8 Å². The Morgan fingerprint density at radius 2 is 0.957 bits per heavy atom. The monoisotopic (exact) mass is 352 g/mol. The highest BCUT2D eigenvalue weighted by molar-refractivity contribution is 8.08. The molecule has 0 saturated carbocycles. The first-order chi connectivity index (χ1) is 10.7. The van der Waals surface area contributed by atoms with Crippen LogP contribution in [0.1, 0.15) is 35.5 Å². The fourth-order valence-electron chi connectivity index (χ4n) is 2.30. The third kappa shape index (κ3) is 4.20. The zero-order chi connectivity index (χ0) is 17.1. The quantitative estimate of drug-likeness (QED) is 0.800. The SMILES string of the molecule is C[C@H](c1ccccc1)S(=O)(=O)CS(=O)(=O)[C@H](C)c1ccccc1. The number of benzene rings is 2. The summed E-state index contributed by atoms with van der Waals surface area (Å²) in [4.78, 5) is 0. The van der Waals surface area contributed by atoms with E-state index in [1.807, 2.05) is 0 Å². The molecule has 6 heteroatoms. The summed E-state index contributed by atoms with van der Waals surface area (Å²) in [5.74, 6) is 0. The molecule has 2 rings (SSSR count). The van der Waals surface area contributed by atoms with Gasteiger partial charge in [0, 0.05) is 0 Å². The maximum atomic E-state index is 12.5. The number of sulfone groups is 2. The van der Waals surface area contributed by atoms with Crippen LogP contribution in [0.2, 0.25) is 0 Å². The van der Waals surface area contributed by atoms with Gasteiger partial charge in [0.2, 0.25) is 0 Å². The van der Waals surface area contributed by atoms with Gasteiger partial charge in [-0.25, -0.2) is 16.8 Å². The van der Waals surface area contributed by atoms with Gasteiger partial charge in [-0.3, -0.25) is 0 Å². The smallest absolute Gasteiger partial charge is 0.171 e. The lowest BCUT2D eigenvalue weighted by Crippen LogP contribution is -2.24. The molecule has 0 radical (unpaired) electrons. The summed E-state index contributed by atoms with van der Waals surface area (Å²) < 4.78 is 50.0. The first-order valence-corrected chi connectivity index (χ1v) is 10.7. The molecule has 0 aromatic heterocycles. The Hall–Kier alpha value is -1.66. The minimum Gasteiger partial charge on any atom is -0.227 e. The van der Waals surface area contributed by atoms with Crippen LogP contribution in [0.5, 0.6) is 0 Å². The Morgan fingerprint density at radius 3 is 1.26 bits per heavy atom. The Morgan fingerprint density at radius 1 is 0.652 bits per heavy atom. The summed E-state index contributed by atoms with van der Waals surface area (Å²) in [7, 11) is -7.62. The third-order valence-corrected chi connectivity index (χ3v) is 9.27. The van der Waals surface area contributed by atoms with E-state index in [4.69, 9.17) is 0 Å². The van der Waals surface area contributed by atoms with Crippen molar-refractivity contribution in [2.45, 2.75) is 24.3 Å². The van der Waals surface area contributed by atoms with Crippen molar-refractivity contribution in [3.63, 3.8) is 0 Å². The van der Waals surface area contributed by atoms with Crippen molar-refractivity contribution >= 4 is 19.7 Å². The van der Waals surface area contributed by atoms with Gasteiger partial charge in [-0.05, 0) is 25.0 Å². The molecule has 0 fully saturated rings. The summed E-state index contributed by atoms with van der Waals surface area (Å²) in [6.07, 6.45) is 0. The van der Waals surface area contributed by atoms with Crippen molar-refractivity contribution in [1.29, 1.82) is 0 Å². The zero-order valence-electron chi connectivity index (χ0n) is 13.1. The van der Waals surface area contributed by atoms with Crippen LogP contribution >= 0.6 is 0 Å². The van der Waals surface area contributed by atoms with E-state index in [0.717, 1.165) is 0 Å². The van der Waals surface area contributed by atoms with Gasteiger partial charge in [0.25, 0.3) is 0 Å². The van der Waals surface area contributed by atoms with E-state index < -0.39 is 35.3 Å². The molecule has 0 spiro atoms. The second kappa shape index (κ2) is 6.84. The Balaban J connectivity index is 2.26. The maximum absolute atomic E-state index is 12.5. The molecule has 0 aliphatic rings. The molecule has 0 aliphatic carbocycles. The molecule has 0 amide bonds. The van der Waals surface area contributed by atoms with Gasteiger partial charge in [-0.15, -0.1) is 0 Å². The van der Waals surface area contributed by atoms with Gasteiger partial charge in [-0.2, -0.15) is 0 Å². The second-order valence-corrected chi connectivity index (χ2v) is 10.6. The standard InChI is InChI=1S/C17H20O4S2/c1-14(16-9-5-3-6-10-16)22(18,19)13-23(20,21)15(2)17-11-7-4-8-12-17/h3-12,14-15H,13H2,1-2H3/t14-,15-/m1/s1. The van der Waals surface area contributed by atoms with Crippen LogP contribution in [0.3, 0.4) is 0 Å². The van der Waals surface area contributed by atoms with Gasteiger partial charge >= 0.3 is 0 Å². The third-order valence-electron chi connectivity index (χ3n) is 3.94. The molecule has 0 bridgehead atoms. The molecular formula is C17H20O4S2. The van der Waals surface area contributed by atoms with Crippen LogP contribution in [-0.2, 0) is 19.7 Å². The van der Waals surface area contributed by atoms with E-state index in [1.54, 1.807) is 60.7 Å². The largest absolute Gasteiger partial charge is 0.227 e. The van der Waals surface area contributed by atoms with Gasteiger partial charge in [-0.1, -0.05) is 60.7 Å². The van der Waals surface area contributed by atoms with E-state index in [0.29, 0.717) is 11.1 Å². The van der Waals surface area contributed by atoms with Crippen molar-refractivity contribution in [2.75, 3.05) is 5.08 Å². The van der Waals surface area contributed by atoms with Crippen LogP contribution in [0.4, 0.5) is 0 Å². The number of rotatable bonds is 6. The summed E-state index contributed by atoms with van der Waals surface area (Å²) in [6, 6.07) is 17.3. The summed E-state index contributed by atoms with van der Waals surface area (Å²) in [5.41, 5.74) is 1.19. The first-order valence-electron chi connectivity index (χ1n) is 7.27. The lowest BCUT2D eigenvalue weighted by atomic mass is 10.2. The van der Waals surface area contributed by atoms with Crippen LogP contribution in [0.15, 0.2) is 60.7 Å². The Kier molecular flexibility index (Phi) is 5.26. The molecule has 4 nitrogen and oxygen atoms in total. The first kappa shape index (κ1) is 17.7. The second-order valence-electron chi connectivity index (χ2n) is 5.55. The van der Waals surface area contributed by atoms with Gasteiger partial charge < -0.3 is 0 Å². The molecule has 2 atom stereocenters. The van der Waals surface area contributed by atoms with Gasteiger partial charge in [0.05, 0.1) is 10.5 Å². The molecule has 0 heterocycles. The minimum atomic E-state index is -3.81. The van der Waals surface area contributed by atoms with Crippen LogP contribution in [-0.4, -0.2) is 21.9 Å². The molecular weight excluding hydrogens is 332 g/mol. The van der Waals surface area contributed by atoms with Crippen molar-refractivity contribution in [2.24, 2.45) is 0 Å². The summed E-state index contributed by atoms with van der Waals surface area (Å²) in [6.45, 7) is 3.04. The van der Waals surface area contributed by atoms with Crippen LogP contribution < -0.4 is 0 Å². The zero-order valence-corrected chi connectivity index (χ0v) is 14.7. The highest BCUT2D eigenvalue weighted by Gasteiger charge is 2.33. The molecule has 0 saturated heterocycles. The van der Waals surface area contributed by atoms with Crippen LogP contribution in [0.25, 0.3) is 0 Å². The fraction of sp³-hybridized carbons (Fsp3) is 0.294.